The summed E-state index contributed by atoms with van der Waals surface area (Å²) in [5.41, 5.74) is 29.2. The third-order valence-corrected chi connectivity index (χ3v) is 27.2. The highest BCUT2D eigenvalue weighted by molar-refractivity contribution is 6.02. The van der Waals surface area contributed by atoms with Crippen molar-refractivity contribution in [3.8, 4) is 135 Å². The van der Waals surface area contributed by atoms with Crippen molar-refractivity contribution in [2.45, 2.75) is 51.4 Å². The van der Waals surface area contributed by atoms with Crippen molar-refractivity contribution in [2.24, 2.45) is 0 Å². The Hall–Kier alpha value is -18.7. The van der Waals surface area contributed by atoms with E-state index < -0.39 is 0 Å². The fraction of sp³-hybridized carbons (Fsp3) is 0.164. The molecule has 147 heavy (non-hydrogen) atoms. The van der Waals surface area contributed by atoms with Crippen LogP contribution in [0, 0.1) is 23.3 Å². The first-order valence-electron chi connectivity index (χ1n) is 48.6. The van der Waals surface area contributed by atoms with E-state index in [1.807, 2.05) is 98.5 Å². The van der Waals surface area contributed by atoms with Crippen LogP contribution in [-0.4, -0.2) is 206 Å². The fourth-order valence-electron chi connectivity index (χ4n) is 19.8. The Morgan fingerprint density at radius 3 is 0.728 bits per heavy atom. The van der Waals surface area contributed by atoms with Gasteiger partial charge in [-0.3, -0.25) is 60.3 Å². The van der Waals surface area contributed by atoms with Gasteiger partial charge in [-0.1, -0.05) is 48.5 Å². The van der Waals surface area contributed by atoms with Gasteiger partial charge in [-0.25, -0.2) is 57.4 Å². The Labute approximate surface area is 833 Å². The molecule has 0 unspecified atom stereocenters. The van der Waals surface area contributed by atoms with Gasteiger partial charge >= 0.3 is 0 Å². The van der Waals surface area contributed by atoms with Gasteiger partial charge in [-0.2, -0.15) is 20.4 Å². The number of aromatic nitrogens is 28. The molecular weight excluding hydrogens is 1860 g/mol. The molecule has 0 aliphatic carbocycles. The predicted molar refractivity (Wildman–Crippen MR) is 558 cm³/mol. The average Bonchev–Trinajstić information content (AvgIpc) is 1.62. The summed E-state index contributed by atoms with van der Waals surface area (Å²) in [6.45, 7) is 9.48. The second-order valence-electron chi connectivity index (χ2n) is 36.6. The van der Waals surface area contributed by atoms with Crippen LogP contribution in [-0.2, 0) is 4.74 Å². The molecule has 8 N–H and O–H groups in total. The number of piperidine rings is 2. The van der Waals surface area contributed by atoms with Crippen LogP contribution in [0.4, 0.5) is 40.3 Å². The maximum absolute atomic E-state index is 13.9. The molecule has 4 aromatic carbocycles. The quantitative estimate of drug-likeness (QED) is 0.0416. The number of H-pyrrole nitrogens is 8. The van der Waals surface area contributed by atoms with E-state index in [0.29, 0.717) is 92.4 Å². The molecule has 0 saturated carbocycles. The first kappa shape index (κ1) is 89.7. The van der Waals surface area contributed by atoms with Gasteiger partial charge in [0.05, 0.1) is 151 Å². The van der Waals surface area contributed by atoms with Crippen molar-refractivity contribution < 1.29 is 22.3 Å². The number of anilines is 4. The molecule has 0 spiro atoms. The van der Waals surface area contributed by atoms with Crippen molar-refractivity contribution in [2.75, 3.05) is 85.2 Å². The number of pyridine rings is 12. The van der Waals surface area contributed by atoms with Crippen LogP contribution in [0.25, 0.3) is 223 Å². The van der Waals surface area contributed by atoms with Gasteiger partial charge in [0, 0.05) is 193 Å². The van der Waals surface area contributed by atoms with Crippen molar-refractivity contribution >= 4 is 111 Å². The summed E-state index contributed by atoms with van der Waals surface area (Å²) in [5, 5.41) is 33.3. The summed E-state index contributed by atoms with van der Waals surface area (Å²) in [6.07, 6.45) is 45.9. The Balaban J connectivity index is 0.000000102. The summed E-state index contributed by atoms with van der Waals surface area (Å²) in [7, 11) is 0. The zero-order valence-electron chi connectivity index (χ0n) is 78.8. The van der Waals surface area contributed by atoms with E-state index >= 15 is 0 Å². The molecule has 0 atom stereocenters. The van der Waals surface area contributed by atoms with E-state index in [-0.39, 0.29) is 23.3 Å². The minimum atomic E-state index is -0.310. The van der Waals surface area contributed by atoms with E-state index in [1.54, 1.807) is 80.0 Å². The molecule has 24 heterocycles. The molecule has 722 valence electrons. The number of aromatic amines is 8. The van der Waals surface area contributed by atoms with Gasteiger partial charge < -0.3 is 44.3 Å². The molecule has 4 aliphatic rings. The van der Waals surface area contributed by atoms with Crippen LogP contribution in [0.2, 0.25) is 0 Å². The Morgan fingerprint density at radius 2 is 0.469 bits per heavy atom. The molecule has 0 bridgehead atoms. The molecule has 4 aliphatic heterocycles. The minimum absolute atomic E-state index is 0.303. The summed E-state index contributed by atoms with van der Waals surface area (Å²) >= 11 is 0. The van der Waals surface area contributed by atoms with Crippen molar-refractivity contribution in [1.82, 2.24) is 140 Å². The van der Waals surface area contributed by atoms with Crippen LogP contribution in [0.15, 0.2) is 270 Å². The van der Waals surface area contributed by atoms with E-state index in [0.717, 1.165) is 219 Å². The molecule has 24 aromatic rings. The predicted octanol–water partition coefficient (Wildman–Crippen LogP) is 21.5. The van der Waals surface area contributed by atoms with Crippen LogP contribution < -0.4 is 19.6 Å². The summed E-state index contributed by atoms with van der Waals surface area (Å²) in [5.74, 6) is 1.22. The van der Waals surface area contributed by atoms with Gasteiger partial charge in [-0.15, -0.1) is 0 Å². The maximum Gasteiger partial charge on any atom is 0.181 e. The van der Waals surface area contributed by atoms with Crippen LogP contribution >= 0.6 is 0 Å². The van der Waals surface area contributed by atoms with Gasteiger partial charge in [0.1, 0.15) is 46.0 Å². The zero-order chi connectivity index (χ0) is 98.4. The lowest BCUT2D eigenvalue weighted by atomic mass is 10.1. The third-order valence-electron chi connectivity index (χ3n) is 27.2. The lowest BCUT2D eigenvalue weighted by molar-refractivity contribution is 0.122. The first-order chi connectivity index (χ1) is 72.4. The highest BCUT2D eigenvalue weighted by Crippen LogP contribution is 2.42. The Kier molecular flexibility index (Phi) is 23.8. The number of benzene rings is 4. The standard InChI is InChI=1S/2C28H23FN8.C27H21FN8O.C27H21FN8/c2*29-20-6-4-5-17(9-20)23-15-31-16-24-25(23)34-28(33-24)26-22-11-19(13-32-27(22)36-35-26)18-10-21(14-30-12-18)37-7-2-1-3-8-37;28-19-3-1-2-16(8-19)22-14-30-15-23-24(22)33-27(32-23)25-21-10-18(12-31-26(21)35-34-25)17-9-20(13-29-11-17)36-4-6-37-7-5-36;28-19-5-3-4-16(8-19)22-14-30-15-23-24(22)33-27(32-23)25-21-10-18(12-31-26(21)35-34-25)17-9-20(13-29-11-17)36-6-1-2-7-36/h2*4-6,9-16H,1-3,7-8H2,(H,33,34)(H,32,35,36);1-3,8-15H,4-7H2,(H,32,33)(H,31,34,35);3-5,8-15H,1-2,6-7H2,(H,32,33)(H,31,34,35). The first-order valence-corrected chi connectivity index (χ1v) is 48.6. The molecule has 4 fully saturated rings. The molecule has 20 aromatic heterocycles. The van der Waals surface area contributed by atoms with E-state index in [9.17, 15) is 17.6 Å². The molecule has 28 rings (SSSR count). The topological polar surface area (TPSA) is 406 Å². The summed E-state index contributed by atoms with van der Waals surface area (Å²) in [6, 6.07) is 42.6. The van der Waals surface area contributed by atoms with Gasteiger partial charge in [0.15, 0.2) is 45.9 Å². The Morgan fingerprint density at radius 1 is 0.231 bits per heavy atom. The van der Waals surface area contributed by atoms with Gasteiger partial charge in [0.25, 0.3) is 0 Å². The molecule has 37 heteroatoms. The smallest absolute Gasteiger partial charge is 0.181 e. The van der Waals surface area contributed by atoms with Crippen molar-refractivity contribution in [1.29, 1.82) is 0 Å². The van der Waals surface area contributed by atoms with Crippen LogP contribution in [0.1, 0.15) is 51.4 Å². The number of fused-ring (bicyclic) bond motifs is 8. The lowest BCUT2D eigenvalue weighted by Gasteiger charge is -2.28. The zero-order valence-corrected chi connectivity index (χ0v) is 78.8. The molecule has 0 radical (unpaired) electrons. The second kappa shape index (κ2) is 39.0. The number of nitrogens with zero attached hydrogens (tertiary/aromatic N) is 24. The minimum Gasteiger partial charge on any atom is -0.378 e. The monoisotopic (exact) mass is 1950 g/mol. The number of nitrogens with one attached hydrogen (secondary N) is 8. The van der Waals surface area contributed by atoms with E-state index in [2.05, 4.69) is 183 Å². The van der Waals surface area contributed by atoms with Gasteiger partial charge in [0.2, 0.25) is 0 Å². The molecule has 0 amide bonds. The second-order valence-corrected chi connectivity index (χ2v) is 36.6. The average molecular weight is 1950 g/mol. The fourth-order valence-corrected chi connectivity index (χ4v) is 19.8. The number of halogens is 4. The highest BCUT2D eigenvalue weighted by Gasteiger charge is 2.27. The number of hydrogen-bond donors (Lipinski definition) is 8. The highest BCUT2D eigenvalue weighted by atomic mass is 19.1. The number of hydrogen-bond acceptors (Lipinski definition) is 25. The van der Waals surface area contributed by atoms with E-state index in [4.69, 9.17) is 24.7 Å². The molecule has 33 nitrogen and oxygen atoms in total. The number of rotatable bonds is 16. The number of morpholine rings is 1. The SMILES string of the molecule is Fc1cccc(-c2cncc3[nH]c(-c4[nH]nc5ncc(-c6cncc(N7CCCC7)c6)cc45)nc23)c1.Fc1cccc(-c2cncc3[nH]c(-c4[nH]nc5ncc(-c6cncc(N7CCCCC7)c6)cc45)nc23)c1.Fc1cccc(-c2cncc3[nH]c(-c4[nH]nc5ncc(-c6cncc(N7CCCCC7)c6)cc45)nc23)c1.Fc1cccc(-c2cncc3[nH]c(-c4[nH]nc5ncc(-c6cncc(N7CCOCC7)c6)cc45)nc23)c1. The van der Waals surface area contributed by atoms with Crippen molar-refractivity contribution in [3.05, 3.63) is 293 Å². The molecule has 4 saturated heterocycles. The Bertz CT molecular complexity index is 8440. The van der Waals surface area contributed by atoms with Gasteiger partial charge in [-0.05, 0) is 171 Å². The van der Waals surface area contributed by atoms with Crippen molar-refractivity contribution in [3.63, 3.8) is 0 Å². The summed E-state index contributed by atoms with van der Waals surface area (Å²) < 4.78 is 61.0. The molecular formula is C110H88F4N32O. The number of ether oxygens (including phenoxy) is 1. The normalized spacial score (nSPS) is 14.0. The lowest BCUT2D eigenvalue weighted by Crippen LogP contribution is -2.36. The van der Waals surface area contributed by atoms with Crippen LogP contribution in [0.3, 0.4) is 0 Å². The maximum atomic E-state index is 13.9. The third kappa shape index (κ3) is 18.1. The van der Waals surface area contributed by atoms with Crippen LogP contribution in [0.5, 0.6) is 0 Å². The van der Waals surface area contributed by atoms with E-state index in [1.165, 1.54) is 99.9 Å². The number of imidazole rings is 4. The largest absolute Gasteiger partial charge is 0.378 e. The summed E-state index contributed by atoms with van der Waals surface area (Å²) in [4.78, 5) is 95.8.